The van der Waals surface area contributed by atoms with Gasteiger partial charge in [0.2, 0.25) is 5.91 Å². The normalized spacial score (nSPS) is 13.6. The molecule has 1 unspecified atom stereocenters. The van der Waals surface area contributed by atoms with Crippen molar-refractivity contribution in [1.82, 2.24) is 14.7 Å². The fourth-order valence-electron chi connectivity index (χ4n) is 1.99. The molecule has 2 heterocycles. The molecule has 0 bridgehead atoms. The van der Waals surface area contributed by atoms with Crippen LogP contribution >= 0.6 is 23.1 Å². The Bertz CT molecular complexity index is 803. The van der Waals surface area contributed by atoms with E-state index in [0.717, 1.165) is 0 Å². The van der Waals surface area contributed by atoms with Crippen LogP contribution in [0.5, 0.6) is 0 Å². The van der Waals surface area contributed by atoms with Crippen LogP contribution < -0.4 is 10.9 Å². The van der Waals surface area contributed by atoms with Crippen LogP contribution in [0.2, 0.25) is 0 Å². The molecule has 0 spiro atoms. The van der Waals surface area contributed by atoms with E-state index in [4.69, 9.17) is 4.74 Å². The molecule has 2 N–H and O–H groups in total. The molecule has 2 aromatic rings. The van der Waals surface area contributed by atoms with Crippen molar-refractivity contribution < 1.29 is 19.4 Å². The molecule has 0 aliphatic heterocycles. The molecule has 0 saturated carbocycles. The lowest BCUT2D eigenvalue weighted by Crippen LogP contribution is -2.55. The summed E-state index contributed by atoms with van der Waals surface area (Å²) in [6.07, 6.45) is 1.65. The highest BCUT2D eigenvalue weighted by Crippen LogP contribution is 2.13. The molecule has 1 atom stereocenters. The first-order valence-corrected chi connectivity index (χ1v) is 8.96. The van der Waals surface area contributed by atoms with Crippen molar-refractivity contribution in [2.45, 2.75) is 18.2 Å². The van der Waals surface area contributed by atoms with Gasteiger partial charge in [-0.25, -0.2) is 9.78 Å². The lowest BCUT2D eigenvalue weighted by atomic mass is 10.0. The van der Waals surface area contributed by atoms with Crippen LogP contribution in [0.1, 0.15) is 12.6 Å². The zero-order valence-corrected chi connectivity index (χ0v) is 14.8. The topological polar surface area (TPSA) is 110 Å². The Morgan fingerprint density at radius 2 is 2.29 bits per heavy atom. The van der Waals surface area contributed by atoms with E-state index in [9.17, 15) is 19.5 Å². The van der Waals surface area contributed by atoms with Gasteiger partial charge in [-0.3, -0.25) is 14.0 Å². The van der Waals surface area contributed by atoms with Gasteiger partial charge >= 0.3 is 5.97 Å². The molecule has 8 nitrogen and oxygen atoms in total. The Hall–Kier alpha value is -1.91. The summed E-state index contributed by atoms with van der Waals surface area (Å²) in [4.78, 5) is 40.0. The summed E-state index contributed by atoms with van der Waals surface area (Å²) in [5.74, 6) is -1.15. The Labute approximate surface area is 145 Å². The number of fused-ring (bicyclic) bond motifs is 1. The summed E-state index contributed by atoms with van der Waals surface area (Å²) in [6.45, 7) is 1.25. The lowest BCUT2D eigenvalue weighted by Gasteiger charge is -2.25. The SMILES string of the molecule is COCC(C)(NC(=O)CSCc1cc(=O)n2ccsc2n1)C(=O)O. The molecule has 24 heavy (non-hydrogen) atoms. The van der Waals surface area contributed by atoms with Gasteiger partial charge in [0.05, 0.1) is 18.1 Å². The zero-order valence-electron chi connectivity index (χ0n) is 13.1. The van der Waals surface area contributed by atoms with Crippen LogP contribution in [0, 0.1) is 0 Å². The van der Waals surface area contributed by atoms with Crippen molar-refractivity contribution in [2.75, 3.05) is 19.5 Å². The van der Waals surface area contributed by atoms with E-state index in [1.807, 2.05) is 0 Å². The summed E-state index contributed by atoms with van der Waals surface area (Å²) in [5.41, 5.74) is -1.06. The van der Waals surface area contributed by atoms with Crippen molar-refractivity contribution in [3.05, 3.63) is 33.7 Å². The van der Waals surface area contributed by atoms with Crippen LogP contribution in [0.4, 0.5) is 0 Å². The minimum absolute atomic E-state index is 0.0536. The zero-order chi connectivity index (χ0) is 17.7. The van der Waals surface area contributed by atoms with Crippen molar-refractivity contribution in [1.29, 1.82) is 0 Å². The molecule has 0 fully saturated rings. The molecule has 10 heteroatoms. The van der Waals surface area contributed by atoms with Gasteiger partial charge in [-0.2, -0.15) is 0 Å². The number of thioether (sulfide) groups is 1. The van der Waals surface area contributed by atoms with Gasteiger partial charge in [0.1, 0.15) is 0 Å². The fraction of sp³-hybridized carbons (Fsp3) is 0.429. The van der Waals surface area contributed by atoms with Crippen LogP contribution in [-0.4, -0.2) is 51.4 Å². The molecule has 0 radical (unpaired) electrons. The highest BCUT2D eigenvalue weighted by molar-refractivity contribution is 7.99. The monoisotopic (exact) mass is 371 g/mol. The van der Waals surface area contributed by atoms with E-state index in [0.29, 0.717) is 16.4 Å². The smallest absolute Gasteiger partial charge is 0.331 e. The van der Waals surface area contributed by atoms with E-state index >= 15 is 0 Å². The van der Waals surface area contributed by atoms with E-state index < -0.39 is 17.4 Å². The molecular formula is C14H17N3O5S2. The van der Waals surface area contributed by atoms with Crippen molar-refractivity contribution in [3.63, 3.8) is 0 Å². The van der Waals surface area contributed by atoms with E-state index in [2.05, 4.69) is 10.3 Å². The van der Waals surface area contributed by atoms with Crippen LogP contribution in [0.25, 0.3) is 4.96 Å². The maximum Gasteiger partial charge on any atom is 0.331 e. The predicted molar refractivity (Wildman–Crippen MR) is 91.6 cm³/mol. The number of nitrogens with one attached hydrogen (secondary N) is 1. The first-order valence-electron chi connectivity index (χ1n) is 6.92. The number of carbonyl (C=O) groups excluding carboxylic acids is 1. The predicted octanol–water partition coefficient (Wildman–Crippen LogP) is 0.595. The summed E-state index contributed by atoms with van der Waals surface area (Å²) in [7, 11) is 1.37. The quantitative estimate of drug-likeness (QED) is 0.699. The van der Waals surface area contributed by atoms with Crippen molar-refractivity contribution >= 4 is 39.9 Å². The van der Waals surface area contributed by atoms with Gasteiger partial charge in [-0.05, 0) is 6.92 Å². The third-order valence-corrected chi connectivity index (χ3v) is 4.88. The Morgan fingerprint density at radius 1 is 1.54 bits per heavy atom. The maximum atomic E-state index is 11.9. The number of ether oxygens (including phenoxy) is 1. The molecular weight excluding hydrogens is 354 g/mol. The Morgan fingerprint density at radius 3 is 2.96 bits per heavy atom. The number of rotatable bonds is 8. The molecule has 0 saturated heterocycles. The van der Waals surface area contributed by atoms with E-state index in [1.165, 1.54) is 47.6 Å². The highest BCUT2D eigenvalue weighted by Gasteiger charge is 2.34. The molecule has 2 aromatic heterocycles. The second kappa shape index (κ2) is 7.77. The minimum Gasteiger partial charge on any atom is -0.479 e. The number of carboxylic acids is 1. The minimum atomic E-state index is -1.47. The highest BCUT2D eigenvalue weighted by atomic mass is 32.2. The fourth-order valence-corrected chi connectivity index (χ4v) is 3.45. The Balaban J connectivity index is 1.91. The molecule has 2 rings (SSSR count). The number of hydrogen-bond donors (Lipinski definition) is 2. The molecule has 130 valence electrons. The van der Waals surface area contributed by atoms with Gasteiger partial charge in [-0.1, -0.05) is 0 Å². The molecule has 0 aliphatic rings. The average molecular weight is 371 g/mol. The third kappa shape index (κ3) is 4.34. The third-order valence-electron chi connectivity index (χ3n) is 3.16. The summed E-state index contributed by atoms with van der Waals surface area (Å²) < 4.78 is 6.29. The van der Waals surface area contributed by atoms with E-state index in [1.54, 1.807) is 11.6 Å². The number of carboxylic acid groups (broad SMARTS) is 1. The van der Waals surface area contributed by atoms with Gasteiger partial charge < -0.3 is 15.2 Å². The summed E-state index contributed by atoms with van der Waals surface area (Å²) in [6, 6.07) is 1.43. The van der Waals surface area contributed by atoms with Gasteiger partial charge in [-0.15, -0.1) is 23.1 Å². The molecule has 1 amide bonds. The first kappa shape index (κ1) is 18.4. The summed E-state index contributed by atoms with van der Waals surface area (Å²) in [5, 5.41) is 13.4. The maximum absolute atomic E-state index is 11.9. The number of carbonyl (C=O) groups is 2. The van der Waals surface area contributed by atoms with Crippen molar-refractivity contribution in [3.8, 4) is 0 Å². The lowest BCUT2D eigenvalue weighted by molar-refractivity contribution is -0.148. The number of thiazole rings is 1. The van der Waals surface area contributed by atoms with Crippen LogP contribution in [0.15, 0.2) is 22.4 Å². The molecule has 0 aliphatic carbocycles. The average Bonchev–Trinajstić information content (AvgIpc) is 2.96. The van der Waals surface area contributed by atoms with Gasteiger partial charge in [0.15, 0.2) is 10.5 Å². The number of aliphatic carboxylic acids is 1. The van der Waals surface area contributed by atoms with Gasteiger partial charge in [0.25, 0.3) is 5.56 Å². The molecule has 0 aromatic carbocycles. The first-order chi connectivity index (χ1) is 11.4. The second-order valence-electron chi connectivity index (χ2n) is 5.25. The number of amides is 1. The Kier molecular flexibility index (Phi) is 5.97. The van der Waals surface area contributed by atoms with Gasteiger partial charge in [0, 0.05) is 30.5 Å². The largest absolute Gasteiger partial charge is 0.479 e. The van der Waals surface area contributed by atoms with E-state index in [-0.39, 0.29) is 17.9 Å². The second-order valence-corrected chi connectivity index (χ2v) is 7.11. The summed E-state index contributed by atoms with van der Waals surface area (Å²) >= 11 is 2.61. The van der Waals surface area contributed by atoms with Crippen LogP contribution in [0.3, 0.4) is 0 Å². The number of hydrogen-bond acceptors (Lipinski definition) is 7. The number of nitrogens with zero attached hydrogens (tertiary/aromatic N) is 2. The number of aromatic nitrogens is 2. The van der Waals surface area contributed by atoms with Crippen molar-refractivity contribution in [2.24, 2.45) is 0 Å². The number of methoxy groups -OCH3 is 1. The standard InChI is InChI=1S/C14H17N3O5S2/c1-14(8-22-2,12(20)21)16-10(18)7-23-6-9-5-11(19)17-3-4-24-13(17)15-9/h3-5H,6-8H2,1-2H3,(H,16,18)(H,20,21). The van der Waals surface area contributed by atoms with Crippen LogP contribution in [-0.2, 0) is 20.1 Å².